The summed E-state index contributed by atoms with van der Waals surface area (Å²) >= 11 is 0. The standard InChI is InChI=1S/C21H25FN2O2/c1-2-21(25)20-7-4-12-24(20)23-14-16-8-10-19(11-9-16)26-15-17-5-3-6-18(22)13-17/h3,5-6,8-11,13,20,23H,2,4,7,12,14-15H2,1H3. The lowest BCUT2D eigenvalue weighted by atomic mass is 10.1. The van der Waals surface area contributed by atoms with Crippen LogP contribution < -0.4 is 10.2 Å². The molecule has 0 radical (unpaired) electrons. The third-order valence-electron chi connectivity index (χ3n) is 4.68. The lowest BCUT2D eigenvalue weighted by molar-refractivity contribution is -0.124. The Bertz CT molecular complexity index is 733. The highest BCUT2D eigenvalue weighted by atomic mass is 19.1. The molecule has 0 aliphatic carbocycles. The van der Waals surface area contributed by atoms with Gasteiger partial charge in [0.25, 0.3) is 0 Å². The zero-order valence-electron chi connectivity index (χ0n) is 15.1. The molecule has 0 amide bonds. The number of rotatable bonds is 8. The van der Waals surface area contributed by atoms with Gasteiger partial charge in [-0.15, -0.1) is 0 Å². The maximum absolute atomic E-state index is 13.2. The molecule has 1 fully saturated rings. The number of ketones is 1. The van der Waals surface area contributed by atoms with E-state index in [2.05, 4.69) is 10.4 Å². The van der Waals surface area contributed by atoms with E-state index in [1.807, 2.05) is 37.3 Å². The van der Waals surface area contributed by atoms with Gasteiger partial charge in [-0.3, -0.25) is 10.2 Å². The molecule has 26 heavy (non-hydrogen) atoms. The number of ether oxygens (including phenoxy) is 1. The van der Waals surface area contributed by atoms with Crippen molar-refractivity contribution >= 4 is 5.78 Å². The smallest absolute Gasteiger partial charge is 0.151 e. The minimum absolute atomic E-state index is 0.00822. The fourth-order valence-electron chi connectivity index (χ4n) is 3.22. The predicted octanol–water partition coefficient (Wildman–Crippen LogP) is 3.85. The number of halogens is 1. The molecule has 0 bridgehead atoms. The maximum Gasteiger partial charge on any atom is 0.151 e. The van der Waals surface area contributed by atoms with Crippen LogP contribution in [0, 0.1) is 5.82 Å². The van der Waals surface area contributed by atoms with Crippen molar-refractivity contribution in [2.24, 2.45) is 0 Å². The first-order valence-electron chi connectivity index (χ1n) is 9.14. The van der Waals surface area contributed by atoms with E-state index in [0.29, 0.717) is 25.4 Å². The van der Waals surface area contributed by atoms with Gasteiger partial charge in [0, 0.05) is 19.5 Å². The molecule has 1 unspecified atom stereocenters. The first kappa shape index (κ1) is 18.5. The molecule has 2 aromatic rings. The fourth-order valence-corrected chi connectivity index (χ4v) is 3.22. The van der Waals surface area contributed by atoms with E-state index in [4.69, 9.17) is 4.74 Å². The van der Waals surface area contributed by atoms with E-state index in [-0.39, 0.29) is 11.9 Å². The van der Waals surface area contributed by atoms with Gasteiger partial charge in [-0.25, -0.2) is 9.40 Å². The van der Waals surface area contributed by atoms with Crippen molar-refractivity contribution < 1.29 is 13.9 Å². The topological polar surface area (TPSA) is 41.6 Å². The van der Waals surface area contributed by atoms with Crippen molar-refractivity contribution in [3.8, 4) is 5.75 Å². The Kier molecular flexibility index (Phi) is 6.36. The first-order chi connectivity index (χ1) is 12.7. The molecule has 1 saturated heterocycles. The van der Waals surface area contributed by atoms with Gasteiger partial charge in [0.1, 0.15) is 18.2 Å². The molecule has 1 atom stereocenters. The van der Waals surface area contributed by atoms with Crippen molar-refractivity contribution in [3.05, 3.63) is 65.5 Å². The van der Waals surface area contributed by atoms with Gasteiger partial charge in [0.05, 0.1) is 6.04 Å². The van der Waals surface area contributed by atoms with Crippen LogP contribution in [0.2, 0.25) is 0 Å². The molecule has 3 rings (SSSR count). The number of carbonyl (C=O) groups excluding carboxylic acids is 1. The van der Waals surface area contributed by atoms with E-state index < -0.39 is 0 Å². The lowest BCUT2D eigenvalue weighted by Gasteiger charge is -2.24. The van der Waals surface area contributed by atoms with Crippen LogP contribution in [0.5, 0.6) is 5.75 Å². The van der Waals surface area contributed by atoms with Crippen molar-refractivity contribution in [3.63, 3.8) is 0 Å². The molecule has 1 heterocycles. The Balaban J connectivity index is 1.49. The van der Waals surface area contributed by atoms with Crippen LogP contribution in [0.3, 0.4) is 0 Å². The van der Waals surface area contributed by atoms with E-state index in [1.54, 1.807) is 6.07 Å². The average Bonchev–Trinajstić information content (AvgIpc) is 3.13. The third-order valence-corrected chi connectivity index (χ3v) is 4.68. The number of hydrogen-bond acceptors (Lipinski definition) is 4. The molecule has 0 aromatic heterocycles. The van der Waals surface area contributed by atoms with Crippen LogP contribution in [0.15, 0.2) is 48.5 Å². The quantitative estimate of drug-likeness (QED) is 0.780. The molecular formula is C21H25FN2O2. The van der Waals surface area contributed by atoms with Crippen LogP contribution in [0.1, 0.15) is 37.3 Å². The summed E-state index contributed by atoms with van der Waals surface area (Å²) in [7, 11) is 0. The van der Waals surface area contributed by atoms with Gasteiger partial charge < -0.3 is 4.74 Å². The highest BCUT2D eigenvalue weighted by Gasteiger charge is 2.28. The largest absolute Gasteiger partial charge is 0.489 e. The molecular weight excluding hydrogens is 331 g/mol. The summed E-state index contributed by atoms with van der Waals surface area (Å²) in [5, 5.41) is 2.07. The average molecular weight is 356 g/mol. The van der Waals surface area contributed by atoms with Gasteiger partial charge in [-0.05, 0) is 48.2 Å². The zero-order valence-corrected chi connectivity index (χ0v) is 15.1. The molecule has 5 heteroatoms. The number of nitrogens with one attached hydrogen (secondary N) is 1. The highest BCUT2D eigenvalue weighted by molar-refractivity contribution is 5.83. The summed E-state index contributed by atoms with van der Waals surface area (Å²) in [5.74, 6) is 0.795. The Morgan fingerprint density at radius 1 is 1.23 bits per heavy atom. The number of hydrazine groups is 1. The Hall–Kier alpha value is -2.24. The normalized spacial score (nSPS) is 17.4. The molecule has 0 spiro atoms. The second-order valence-corrected chi connectivity index (χ2v) is 6.57. The molecule has 1 N–H and O–H groups in total. The van der Waals surface area contributed by atoms with E-state index in [9.17, 15) is 9.18 Å². The van der Waals surface area contributed by atoms with Crippen molar-refractivity contribution in [2.45, 2.75) is 45.4 Å². The molecule has 1 aliphatic heterocycles. The first-order valence-corrected chi connectivity index (χ1v) is 9.14. The Morgan fingerprint density at radius 3 is 2.77 bits per heavy atom. The van der Waals surface area contributed by atoms with E-state index in [1.165, 1.54) is 12.1 Å². The predicted molar refractivity (Wildman–Crippen MR) is 99.0 cm³/mol. The number of carbonyl (C=O) groups is 1. The number of nitrogens with zero attached hydrogens (tertiary/aromatic N) is 1. The monoisotopic (exact) mass is 356 g/mol. The SMILES string of the molecule is CCC(=O)C1CCCN1NCc1ccc(OCc2cccc(F)c2)cc1. The third kappa shape index (κ3) is 4.90. The fraction of sp³-hybridized carbons (Fsp3) is 0.381. The summed E-state index contributed by atoms with van der Waals surface area (Å²) in [6.07, 6.45) is 2.57. The van der Waals surface area contributed by atoms with Gasteiger partial charge in [-0.1, -0.05) is 31.2 Å². The van der Waals surface area contributed by atoms with Crippen molar-refractivity contribution in [1.82, 2.24) is 10.4 Å². The zero-order chi connectivity index (χ0) is 18.4. The van der Waals surface area contributed by atoms with Crippen LogP contribution >= 0.6 is 0 Å². The number of benzene rings is 2. The van der Waals surface area contributed by atoms with Crippen LogP contribution in [0.4, 0.5) is 4.39 Å². The van der Waals surface area contributed by atoms with Crippen LogP contribution in [-0.2, 0) is 17.9 Å². The maximum atomic E-state index is 13.2. The Labute approximate surface area is 153 Å². The van der Waals surface area contributed by atoms with Gasteiger partial charge in [-0.2, -0.15) is 0 Å². The molecule has 4 nitrogen and oxygen atoms in total. The van der Waals surface area contributed by atoms with Gasteiger partial charge in [0.15, 0.2) is 5.78 Å². The summed E-state index contributed by atoms with van der Waals surface area (Å²) in [5.41, 5.74) is 5.30. The molecule has 2 aromatic carbocycles. The van der Waals surface area contributed by atoms with Gasteiger partial charge >= 0.3 is 0 Å². The summed E-state index contributed by atoms with van der Waals surface area (Å²) in [6, 6.07) is 14.2. The summed E-state index contributed by atoms with van der Waals surface area (Å²) in [4.78, 5) is 12.0. The second-order valence-electron chi connectivity index (χ2n) is 6.57. The van der Waals surface area contributed by atoms with E-state index >= 15 is 0 Å². The van der Waals surface area contributed by atoms with Gasteiger partial charge in [0.2, 0.25) is 0 Å². The highest BCUT2D eigenvalue weighted by Crippen LogP contribution is 2.18. The number of Topliss-reactive ketones (excluding diaryl/α,β-unsaturated/α-hetero) is 1. The minimum Gasteiger partial charge on any atom is -0.489 e. The summed E-state index contributed by atoms with van der Waals surface area (Å²) < 4.78 is 18.9. The molecule has 138 valence electrons. The Morgan fingerprint density at radius 2 is 2.04 bits per heavy atom. The lowest BCUT2D eigenvalue weighted by Crippen LogP contribution is -2.44. The minimum atomic E-state index is -0.255. The number of hydrogen-bond donors (Lipinski definition) is 1. The van der Waals surface area contributed by atoms with Crippen molar-refractivity contribution in [2.75, 3.05) is 6.54 Å². The second kappa shape index (κ2) is 8.92. The molecule has 0 saturated carbocycles. The van der Waals surface area contributed by atoms with Crippen molar-refractivity contribution in [1.29, 1.82) is 0 Å². The summed E-state index contributed by atoms with van der Waals surface area (Å²) in [6.45, 7) is 3.84. The molecule has 1 aliphatic rings. The van der Waals surface area contributed by atoms with Crippen LogP contribution in [0.25, 0.3) is 0 Å². The van der Waals surface area contributed by atoms with Crippen LogP contribution in [-0.4, -0.2) is 23.4 Å². The van der Waals surface area contributed by atoms with E-state index in [0.717, 1.165) is 36.3 Å².